The highest BCUT2D eigenvalue weighted by molar-refractivity contribution is 5.93. The minimum atomic E-state index is -0.849. The average Bonchev–Trinajstić information content (AvgIpc) is 2.87. The zero-order valence-electron chi connectivity index (χ0n) is 13.4. The largest absolute Gasteiger partial charge is 0.481 e. The van der Waals surface area contributed by atoms with E-state index in [1.807, 2.05) is 13.1 Å². The maximum atomic E-state index is 11.7. The molecule has 2 aromatic rings. The van der Waals surface area contributed by atoms with Crippen molar-refractivity contribution in [3.05, 3.63) is 30.0 Å². The second-order valence-corrected chi connectivity index (χ2v) is 5.57. The maximum absolute atomic E-state index is 11.7. The van der Waals surface area contributed by atoms with Crippen LogP contribution in [0, 0.1) is 6.92 Å². The zero-order chi connectivity index (χ0) is 17.5. The highest BCUT2D eigenvalue weighted by Gasteiger charge is 2.11. The van der Waals surface area contributed by atoms with Crippen LogP contribution in [0.25, 0.3) is 10.9 Å². The molecule has 0 aliphatic rings. The molecule has 0 aliphatic heterocycles. The molecule has 0 aliphatic carbocycles. The molecule has 3 N–H and O–H groups in total. The summed E-state index contributed by atoms with van der Waals surface area (Å²) in [5, 5.41) is 11.6. The molecular weight excluding hydrogens is 312 g/mol. The van der Waals surface area contributed by atoms with Gasteiger partial charge in [-0.05, 0) is 43.5 Å². The van der Waals surface area contributed by atoms with Gasteiger partial charge in [0.2, 0.25) is 5.91 Å². The van der Waals surface area contributed by atoms with Gasteiger partial charge < -0.3 is 14.8 Å². The monoisotopic (exact) mass is 332 g/mol. The molecule has 128 valence electrons. The number of fused-ring (bicyclic) bond motifs is 1. The van der Waals surface area contributed by atoms with Crippen LogP contribution >= 0.6 is 0 Å². The Kier molecular flexibility index (Phi) is 5.95. The number of aryl methyl sites for hydroxylation is 1. The number of aromatic amines is 1. The van der Waals surface area contributed by atoms with E-state index in [4.69, 9.17) is 9.84 Å². The minimum Gasteiger partial charge on any atom is -0.481 e. The van der Waals surface area contributed by atoms with Gasteiger partial charge in [0, 0.05) is 29.9 Å². The number of imide groups is 1. The number of aromatic nitrogens is 1. The summed E-state index contributed by atoms with van der Waals surface area (Å²) in [7, 11) is 0. The van der Waals surface area contributed by atoms with Crippen LogP contribution in [0.1, 0.15) is 37.7 Å². The number of hydrogen-bond acceptors (Lipinski definition) is 4. The summed E-state index contributed by atoms with van der Waals surface area (Å²) in [6.07, 6.45) is 2.96. The van der Waals surface area contributed by atoms with E-state index < -0.39 is 18.0 Å². The first-order valence-corrected chi connectivity index (χ1v) is 7.77. The Bertz CT molecular complexity index is 751. The number of rotatable bonds is 7. The third-order valence-corrected chi connectivity index (χ3v) is 3.61. The molecule has 0 atom stereocenters. The van der Waals surface area contributed by atoms with Crippen molar-refractivity contribution >= 4 is 28.9 Å². The quantitative estimate of drug-likeness (QED) is 0.675. The van der Waals surface area contributed by atoms with Crippen molar-refractivity contribution < 1.29 is 24.2 Å². The number of ether oxygens (including phenoxy) is 1. The van der Waals surface area contributed by atoms with Crippen LogP contribution in [0.15, 0.2) is 24.4 Å². The first-order chi connectivity index (χ1) is 11.5. The van der Waals surface area contributed by atoms with Crippen molar-refractivity contribution in [2.75, 3.05) is 0 Å². The summed E-state index contributed by atoms with van der Waals surface area (Å²) >= 11 is 0. The fourth-order valence-corrected chi connectivity index (χ4v) is 2.35. The Morgan fingerprint density at radius 1 is 1.17 bits per heavy atom. The van der Waals surface area contributed by atoms with Crippen molar-refractivity contribution in [1.82, 2.24) is 10.3 Å². The van der Waals surface area contributed by atoms with E-state index in [0.717, 1.165) is 16.5 Å². The lowest BCUT2D eigenvalue weighted by Crippen LogP contribution is -2.32. The Balaban J connectivity index is 1.76. The number of aliphatic carboxylic acids is 1. The van der Waals surface area contributed by atoms with Crippen LogP contribution in [0.5, 0.6) is 5.75 Å². The number of carbonyl (C=O) groups is 3. The maximum Gasteiger partial charge on any atom is 0.419 e. The van der Waals surface area contributed by atoms with Crippen LogP contribution < -0.4 is 10.1 Å². The van der Waals surface area contributed by atoms with Gasteiger partial charge in [0.25, 0.3) is 0 Å². The van der Waals surface area contributed by atoms with E-state index in [-0.39, 0.29) is 12.8 Å². The van der Waals surface area contributed by atoms with Gasteiger partial charge in [-0.1, -0.05) is 6.42 Å². The predicted molar refractivity (Wildman–Crippen MR) is 87.9 cm³/mol. The van der Waals surface area contributed by atoms with E-state index in [0.29, 0.717) is 25.0 Å². The molecule has 0 unspecified atom stereocenters. The minimum absolute atomic E-state index is 0.0880. The fraction of sp³-hybridized carbons (Fsp3) is 0.353. The van der Waals surface area contributed by atoms with E-state index >= 15 is 0 Å². The van der Waals surface area contributed by atoms with Crippen LogP contribution in [-0.4, -0.2) is 28.1 Å². The molecule has 2 amide bonds. The Morgan fingerprint density at radius 2 is 1.92 bits per heavy atom. The van der Waals surface area contributed by atoms with Gasteiger partial charge in [0.15, 0.2) is 0 Å². The number of hydrogen-bond donors (Lipinski definition) is 3. The van der Waals surface area contributed by atoms with Crippen LogP contribution in [-0.2, 0) is 9.59 Å². The van der Waals surface area contributed by atoms with Gasteiger partial charge in [-0.25, -0.2) is 4.79 Å². The normalized spacial score (nSPS) is 10.5. The number of unbranched alkanes of at least 4 members (excludes halogenated alkanes) is 2. The van der Waals surface area contributed by atoms with Crippen molar-refractivity contribution in [2.24, 2.45) is 0 Å². The molecule has 1 aromatic heterocycles. The number of carbonyl (C=O) groups excluding carboxylic acids is 2. The molecule has 7 nitrogen and oxygen atoms in total. The molecule has 1 aromatic carbocycles. The average molecular weight is 332 g/mol. The van der Waals surface area contributed by atoms with Gasteiger partial charge in [0.05, 0.1) is 0 Å². The Labute approximate surface area is 139 Å². The molecule has 1 heterocycles. The number of carboxylic acid groups (broad SMARTS) is 1. The van der Waals surface area contributed by atoms with Crippen LogP contribution in [0.4, 0.5) is 4.79 Å². The van der Waals surface area contributed by atoms with Gasteiger partial charge >= 0.3 is 12.1 Å². The lowest BCUT2D eigenvalue weighted by Gasteiger charge is -2.06. The Hall–Kier alpha value is -2.83. The summed E-state index contributed by atoms with van der Waals surface area (Å²) < 4.78 is 5.11. The molecule has 2 rings (SSSR count). The smallest absolute Gasteiger partial charge is 0.419 e. The number of nitrogens with one attached hydrogen (secondary N) is 2. The number of amides is 2. The van der Waals surface area contributed by atoms with Crippen LogP contribution in [0.2, 0.25) is 0 Å². The molecule has 0 fully saturated rings. The SMILES string of the molecule is Cc1c[nH]c2ccc(OC(=O)NC(=O)CCCCCC(=O)O)cc12. The highest BCUT2D eigenvalue weighted by Crippen LogP contribution is 2.23. The van der Waals surface area contributed by atoms with Gasteiger partial charge in [-0.15, -0.1) is 0 Å². The summed E-state index contributed by atoms with van der Waals surface area (Å²) in [6.45, 7) is 1.94. The van der Waals surface area contributed by atoms with Crippen molar-refractivity contribution in [1.29, 1.82) is 0 Å². The van der Waals surface area contributed by atoms with Crippen molar-refractivity contribution in [2.45, 2.75) is 39.0 Å². The standard InChI is InChI=1S/C17H20N2O5/c1-11-10-18-14-8-7-12(9-13(11)14)24-17(23)19-15(20)5-3-2-4-6-16(21)22/h7-10,18H,2-6H2,1H3,(H,21,22)(H,19,20,23). The first kappa shape index (κ1) is 17.5. The van der Waals surface area contributed by atoms with Crippen molar-refractivity contribution in [3.8, 4) is 5.75 Å². The number of H-pyrrole nitrogens is 1. The van der Waals surface area contributed by atoms with Gasteiger partial charge in [0.1, 0.15) is 5.75 Å². The number of benzene rings is 1. The molecule has 7 heteroatoms. The topological polar surface area (TPSA) is 108 Å². The van der Waals surface area contributed by atoms with E-state index in [9.17, 15) is 14.4 Å². The lowest BCUT2D eigenvalue weighted by molar-refractivity contribution is -0.137. The summed E-state index contributed by atoms with van der Waals surface area (Å²) in [5.74, 6) is -0.927. The second-order valence-electron chi connectivity index (χ2n) is 5.57. The van der Waals surface area contributed by atoms with Gasteiger partial charge in [-0.2, -0.15) is 0 Å². The number of carboxylic acids is 1. The van der Waals surface area contributed by atoms with E-state index in [1.54, 1.807) is 18.2 Å². The molecule has 0 saturated heterocycles. The van der Waals surface area contributed by atoms with E-state index in [2.05, 4.69) is 10.3 Å². The second kappa shape index (κ2) is 8.14. The molecule has 0 spiro atoms. The highest BCUT2D eigenvalue weighted by atomic mass is 16.6. The molecule has 0 bridgehead atoms. The summed E-state index contributed by atoms with van der Waals surface area (Å²) in [4.78, 5) is 36.8. The zero-order valence-corrected chi connectivity index (χ0v) is 13.4. The molecule has 0 saturated carbocycles. The third kappa shape index (κ3) is 5.12. The molecule has 24 heavy (non-hydrogen) atoms. The fourth-order valence-electron chi connectivity index (χ4n) is 2.35. The predicted octanol–water partition coefficient (Wildman–Crippen LogP) is 3.13. The summed E-state index contributed by atoms with van der Waals surface area (Å²) in [6, 6.07) is 5.18. The van der Waals surface area contributed by atoms with Gasteiger partial charge in [-0.3, -0.25) is 14.9 Å². The van der Waals surface area contributed by atoms with E-state index in [1.165, 1.54) is 0 Å². The lowest BCUT2D eigenvalue weighted by atomic mass is 10.1. The third-order valence-electron chi connectivity index (χ3n) is 3.61. The first-order valence-electron chi connectivity index (χ1n) is 7.77. The molecular formula is C17H20N2O5. The summed E-state index contributed by atoms with van der Waals surface area (Å²) in [5.41, 5.74) is 1.98. The molecule has 0 radical (unpaired) electrons. The van der Waals surface area contributed by atoms with Crippen LogP contribution in [0.3, 0.4) is 0 Å². The Morgan fingerprint density at radius 3 is 2.67 bits per heavy atom. The van der Waals surface area contributed by atoms with Crippen molar-refractivity contribution in [3.63, 3.8) is 0 Å².